The molecule has 0 saturated heterocycles. The predicted molar refractivity (Wildman–Crippen MR) is 125 cm³/mol. The van der Waals surface area contributed by atoms with Crippen molar-refractivity contribution in [2.75, 3.05) is 24.8 Å². The molecule has 0 spiro atoms. The quantitative estimate of drug-likeness (QED) is 0.506. The Labute approximate surface area is 191 Å². The smallest absolute Gasteiger partial charge is 0.274 e. The molecule has 3 aromatic rings. The lowest BCUT2D eigenvalue weighted by Crippen LogP contribution is -2.36. The van der Waals surface area contributed by atoms with Gasteiger partial charge in [-0.1, -0.05) is 12.8 Å². The minimum absolute atomic E-state index is 0.00820. The summed E-state index contributed by atoms with van der Waals surface area (Å²) < 4.78 is 9.01. The average Bonchev–Trinajstić information content (AvgIpc) is 3.54. The molecule has 10 heteroatoms. The van der Waals surface area contributed by atoms with Gasteiger partial charge in [-0.25, -0.2) is 4.98 Å². The Kier molecular flexibility index (Phi) is 5.76. The number of pyridine rings is 1. The minimum atomic E-state index is -0.191. The molecule has 0 radical (unpaired) electrons. The maximum Gasteiger partial charge on any atom is 0.274 e. The molecule has 1 amide bonds. The largest absolute Gasteiger partial charge is 0.379 e. The van der Waals surface area contributed by atoms with Crippen molar-refractivity contribution in [1.29, 1.82) is 0 Å². The van der Waals surface area contributed by atoms with Gasteiger partial charge < -0.3 is 25.3 Å². The number of hydrogen-bond donors (Lipinski definition) is 3. The molecule has 3 N–H and O–H groups in total. The molecule has 5 rings (SSSR count). The molecule has 1 unspecified atom stereocenters. The van der Waals surface area contributed by atoms with Gasteiger partial charge in [0.05, 0.1) is 18.3 Å². The zero-order chi connectivity index (χ0) is 22.9. The van der Waals surface area contributed by atoms with Crippen LogP contribution in [0.5, 0.6) is 0 Å². The summed E-state index contributed by atoms with van der Waals surface area (Å²) in [5.41, 5.74) is 1.11. The van der Waals surface area contributed by atoms with Crippen molar-refractivity contribution in [2.45, 2.75) is 56.7 Å². The number of carbonyl (C=O) groups is 1. The van der Waals surface area contributed by atoms with Crippen LogP contribution in [-0.4, -0.2) is 51.4 Å². The van der Waals surface area contributed by atoms with E-state index < -0.39 is 0 Å². The first kappa shape index (κ1) is 21.4. The minimum Gasteiger partial charge on any atom is -0.379 e. The first-order valence-corrected chi connectivity index (χ1v) is 11.5. The zero-order valence-electron chi connectivity index (χ0n) is 18.9. The summed E-state index contributed by atoms with van der Waals surface area (Å²) in [6.07, 6.45) is 9.41. The number of amides is 1. The first-order valence-electron chi connectivity index (χ1n) is 11.5. The van der Waals surface area contributed by atoms with Crippen LogP contribution in [-0.2, 0) is 4.74 Å². The summed E-state index contributed by atoms with van der Waals surface area (Å²) in [7, 11) is 3.48. The van der Waals surface area contributed by atoms with Crippen molar-refractivity contribution in [2.24, 2.45) is 0 Å². The topological polar surface area (TPSA) is 115 Å². The Morgan fingerprint density at radius 2 is 2.03 bits per heavy atom. The van der Waals surface area contributed by atoms with E-state index in [1.54, 1.807) is 35.4 Å². The summed E-state index contributed by atoms with van der Waals surface area (Å²) in [6.45, 7) is 0. The van der Waals surface area contributed by atoms with Gasteiger partial charge in [0, 0.05) is 32.5 Å². The highest BCUT2D eigenvalue weighted by atomic mass is 16.5. The van der Waals surface area contributed by atoms with E-state index in [0.29, 0.717) is 28.5 Å². The van der Waals surface area contributed by atoms with E-state index in [1.165, 1.54) is 6.20 Å². The summed E-state index contributed by atoms with van der Waals surface area (Å²) in [6, 6.07) is 5.60. The van der Waals surface area contributed by atoms with Gasteiger partial charge in [0.25, 0.3) is 11.5 Å². The number of anilines is 3. The van der Waals surface area contributed by atoms with Crippen molar-refractivity contribution in [3.05, 3.63) is 46.5 Å². The summed E-state index contributed by atoms with van der Waals surface area (Å²) in [5.74, 6) is 0.912. The fourth-order valence-corrected chi connectivity index (χ4v) is 4.53. The molecule has 0 aliphatic heterocycles. The Morgan fingerprint density at radius 1 is 1.21 bits per heavy atom. The van der Waals surface area contributed by atoms with E-state index in [-0.39, 0.29) is 29.7 Å². The van der Waals surface area contributed by atoms with Crippen LogP contribution >= 0.6 is 0 Å². The van der Waals surface area contributed by atoms with E-state index in [1.807, 2.05) is 12.3 Å². The van der Waals surface area contributed by atoms with Gasteiger partial charge >= 0.3 is 0 Å². The number of nitrogens with zero attached hydrogens (tertiary/aromatic N) is 4. The zero-order valence-corrected chi connectivity index (χ0v) is 18.9. The van der Waals surface area contributed by atoms with E-state index in [2.05, 4.69) is 26.0 Å². The van der Waals surface area contributed by atoms with Crippen molar-refractivity contribution >= 4 is 28.9 Å². The Bertz CT molecular complexity index is 1230. The molecular weight excluding hydrogens is 422 g/mol. The molecule has 10 nitrogen and oxygen atoms in total. The molecule has 33 heavy (non-hydrogen) atoms. The number of ether oxygens (including phenoxy) is 1. The number of rotatable bonds is 7. The highest BCUT2D eigenvalue weighted by Gasteiger charge is 2.28. The van der Waals surface area contributed by atoms with Crippen LogP contribution in [0.1, 0.15) is 54.9 Å². The molecule has 0 aromatic carbocycles. The number of carbonyl (C=O) groups excluding carboxylic acids is 1. The third-order valence-electron chi connectivity index (χ3n) is 6.45. The fraction of sp³-hybridized carbons (Fsp3) is 0.478. The summed E-state index contributed by atoms with van der Waals surface area (Å²) >= 11 is 0. The van der Waals surface area contributed by atoms with Gasteiger partial charge in [0.1, 0.15) is 22.9 Å². The number of methoxy groups -OCH3 is 1. The van der Waals surface area contributed by atoms with E-state index >= 15 is 0 Å². The maximum absolute atomic E-state index is 13.3. The molecule has 2 atom stereocenters. The van der Waals surface area contributed by atoms with Crippen molar-refractivity contribution in [1.82, 2.24) is 24.5 Å². The number of nitrogens with one attached hydrogen (secondary N) is 3. The number of hydrogen-bond acceptors (Lipinski definition) is 7. The molecule has 3 heterocycles. The lowest BCUT2D eigenvalue weighted by molar-refractivity contribution is 0.0278. The number of aromatic nitrogens is 4. The lowest BCUT2D eigenvalue weighted by atomic mass is 9.92. The fourth-order valence-electron chi connectivity index (χ4n) is 4.53. The normalized spacial score (nSPS) is 20.5. The third-order valence-corrected chi connectivity index (χ3v) is 6.45. The van der Waals surface area contributed by atoms with Crippen LogP contribution in [0.4, 0.5) is 17.3 Å². The second-order valence-corrected chi connectivity index (χ2v) is 8.70. The Morgan fingerprint density at radius 3 is 2.79 bits per heavy atom. The first-order chi connectivity index (χ1) is 16.1. The van der Waals surface area contributed by atoms with Crippen LogP contribution in [0.25, 0.3) is 5.65 Å². The molecule has 2 fully saturated rings. The highest BCUT2D eigenvalue weighted by Crippen LogP contribution is 2.30. The molecule has 2 aliphatic carbocycles. The average molecular weight is 452 g/mol. The summed E-state index contributed by atoms with van der Waals surface area (Å²) in [4.78, 5) is 30.6. The molecule has 0 bridgehead atoms. The summed E-state index contributed by atoms with van der Waals surface area (Å²) in [5, 5.41) is 13.5. The second kappa shape index (κ2) is 8.86. The van der Waals surface area contributed by atoms with Gasteiger partial charge in [0.2, 0.25) is 0 Å². The molecule has 174 valence electrons. The second-order valence-electron chi connectivity index (χ2n) is 8.70. The highest BCUT2D eigenvalue weighted by molar-refractivity contribution is 6.00. The maximum atomic E-state index is 13.3. The molecule has 2 aliphatic rings. The van der Waals surface area contributed by atoms with Crippen molar-refractivity contribution in [3.63, 3.8) is 0 Å². The standard InChI is InChI=1S/C23H29N7O3/c1-24-20-12-19(28-21-15(13-25-30(20)21)22(31)26-14-9-10-14)27-16-6-5-11-29(23(16)32)17-7-3-4-8-18(17)33-2/h5-6,11-14,17-18,24H,3-4,7-10H2,1-2H3,(H,26,31)(H,27,28)/t17?,18-/m0/s1. The van der Waals surface area contributed by atoms with E-state index in [4.69, 9.17) is 4.74 Å². The van der Waals surface area contributed by atoms with Crippen LogP contribution in [0.2, 0.25) is 0 Å². The third kappa shape index (κ3) is 4.18. The Balaban J connectivity index is 1.49. The van der Waals surface area contributed by atoms with Crippen molar-refractivity contribution < 1.29 is 9.53 Å². The Hall–Kier alpha value is -3.40. The molecule has 2 saturated carbocycles. The van der Waals surface area contributed by atoms with Crippen LogP contribution in [0.15, 0.2) is 35.4 Å². The molecule has 3 aromatic heterocycles. The predicted octanol–water partition coefficient (Wildman–Crippen LogP) is 2.70. The lowest BCUT2D eigenvalue weighted by Gasteiger charge is -2.32. The van der Waals surface area contributed by atoms with Gasteiger partial charge in [-0.15, -0.1) is 0 Å². The van der Waals surface area contributed by atoms with Gasteiger partial charge in [-0.3, -0.25) is 9.59 Å². The van der Waals surface area contributed by atoms with Gasteiger partial charge in [0.15, 0.2) is 5.65 Å². The number of fused-ring (bicyclic) bond motifs is 1. The van der Waals surface area contributed by atoms with E-state index in [9.17, 15) is 9.59 Å². The monoisotopic (exact) mass is 451 g/mol. The van der Waals surface area contributed by atoms with Gasteiger partial charge in [-0.05, 0) is 37.8 Å². The van der Waals surface area contributed by atoms with Crippen LogP contribution in [0.3, 0.4) is 0 Å². The SMILES string of the molecule is CNc1cc(Nc2cccn(C3CCCC[C@@H]3OC)c2=O)nc2c(C(=O)NC3CC3)cnn12. The van der Waals surface area contributed by atoms with Gasteiger partial charge in [-0.2, -0.15) is 9.61 Å². The molecular formula is C23H29N7O3. The van der Waals surface area contributed by atoms with Crippen LogP contribution in [0, 0.1) is 0 Å². The van der Waals surface area contributed by atoms with Crippen molar-refractivity contribution in [3.8, 4) is 0 Å². The van der Waals surface area contributed by atoms with E-state index in [0.717, 1.165) is 38.5 Å². The van der Waals surface area contributed by atoms with Crippen LogP contribution < -0.4 is 21.5 Å².